The van der Waals surface area contributed by atoms with E-state index in [0.29, 0.717) is 11.4 Å². The number of nitrogens with one attached hydrogen (secondary N) is 1. The Morgan fingerprint density at radius 1 is 1.24 bits per heavy atom. The number of hydrogen-bond donors (Lipinski definition) is 2. The summed E-state index contributed by atoms with van der Waals surface area (Å²) in [6, 6.07) is 0. The lowest BCUT2D eigenvalue weighted by Crippen LogP contribution is -2.31. The first-order chi connectivity index (χ1) is 15.7. The second-order valence-corrected chi connectivity index (χ2v) is 7.39. The lowest BCUT2D eigenvalue weighted by Gasteiger charge is -2.21. The predicted octanol–water partition coefficient (Wildman–Crippen LogP) is 0.862. The molecule has 13 heteroatoms. The second kappa shape index (κ2) is 8.53. The maximum Gasteiger partial charge on any atom is 0.297 e. The molecule has 0 aromatic carbocycles. The molecule has 0 spiro atoms. The predicted molar refractivity (Wildman–Crippen MR) is 117 cm³/mol. The molecule has 0 saturated carbocycles. The number of aryl methyl sites for hydroxylation is 2. The van der Waals surface area contributed by atoms with Crippen LogP contribution in [0.4, 0.5) is 11.6 Å². The molecule has 0 fully saturated rings. The van der Waals surface area contributed by atoms with Gasteiger partial charge in [-0.3, -0.25) is 23.8 Å². The minimum atomic E-state index is -0.781. The van der Waals surface area contributed by atoms with Gasteiger partial charge in [0, 0.05) is 32.9 Å². The number of nitrogens with zero attached hydrogens (tertiary/aromatic N) is 8. The monoisotopic (exact) mass is 451 g/mol. The standard InChI is InChI=1S/C20H21N9O4/c1-11-14(9-28(3)26-11)15-7-21-5-12(23-15)8-27(2)20-25-16(17(30)19(32)29(20)4)18(31)24-13-6-22-33-10-13/h5-7,9-10,30H,8H2,1-4H3,(H,24,31). The molecule has 13 nitrogen and oxygen atoms in total. The van der Waals surface area contributed by atoms with Gasteiger partial charge in [-0.2, -0.15) is 5.10 Å². The zero-order chi connectivity index (χ0) is 23.7. The smallest absolute Gasteiger partial charge is 0.297 e. The van der Waals surface area contributed by atoms with Crippen LogP contribution in [0.3, 0.4) is 0 Å². The molecule has 1 amide bonds. The highest BCUT2D eigenvalue weighted by Crippen LogP contribution is 2.21. The van der Waals surface area contributed by atoms with E-state index in [2.05, 4.69) is 35.0 Å². The van der Waals surface area contributed by atoms with Crippen molar-refractivity contribution in [3.63, 3.8) is 0 Å². The largest absolute Gasteiger partial charge is 0.501 e. The van der Waals surface area contributed by atoms with Crippen molar-refractivity contribution in [2.75, 3.05) is 17.3 Å². The average molecular weight is 451 g/mol. The van der Waals surface area contributed by atoms with Crippen molar-refractivity contribution in [2.45, 2.75) is 13.5 Å². The fourth-order valence-corrected chi connectivity index (χ4v) is 3.31. The van der Waals surface area contributed by atoms with Gasteiger partial charge in [0.2, 0.25) is 11.7 Å². The Morgan fingerprint density at radius 2 is 2.03 bits per heavy atom. The van der Waals surface area contributed by atoms with E-state index in [4.69, 9.17) is 0 Å². The summed E-state index contributed by atoms with van der Waals surface area (Å²) in [6.45, 7) is 2.12. The molecule has 4 aromatic rings. The molecule has 0 unspecified atom stereocenters. The van der Waals surface area contributed by atoms with Crippen molar-refractivity contribution in [3.8, 4) is 17.0 Å². The van der Waals surface area contributed by atoms with Gasteiger partial charge in [-0.05, 0) is 6.92 Å². The molecule has 0 bridgehead atoms. The fourth-order valence-electron chi connectivity index (χ4n) is 3.31. The van der Waals surface area contributed by atoms with E-state index in [1.807, 2.05) is 20.2 Å². The molecule has 0 atom stereocenters. The Bertz CT molecular complexity index is 1370. The summed E-state index contributed by atoms with van der Waals surface area (Å²) in [5.41, 5.74) is 2.01. The fraction of sp³-hybridized carbons (Fsp3) is 0.250. The first-order valence-electron chi connectivity index (χ1n) is 9.78. The highest BCUT2D eigenvalue weighted by molar-refractivity contribution is 6.04. The molecule has 0 radical (unpaired) electrons. The van der Waals surface area contributed by atoms with Crippen molar-refractivity contribution in [1.29, 1.82) is 0 Å². The number of anilines is 2. The summed E-state index contributed by atoms with van der Waals surface area (Å²) in [5, 5.41) is 20.5. The normalized spacial score (nSPS) is 10.9. The highest BCUT2D eigenvalue weighted by atomic mass is 16.5. The maximum atomic E-state index is 12.6. The van der Waals surface area contributed by atoms with E-state index in [9.17, 15) is 14.7 Å². The van der Waals surface area contributed by atoms with Gasteiger partial charge in [0.1, 0.15) is 12.0 Å². The van der Waals surface area contributed by atoms with Gasteiger partial charge < -0.3 is 19.8 Å². The number of rotatable bonds is 6. The second-order valence-electron chi connectivity index (χ2n) is 7.39. The van der Waals surface area contributed by atoms with Gasteiger partial charge in [-0.1, -0.05) is 5.16 Å². The van der Waals surface area contributed by atoms with E-state index in [1.165, 1.54) is 19.5 Å². The summed E-state index contributed by atoms with van der Waals surface area (Å²) in [5.74, 6) is -1.40. The molecule has 4 rings (SSSR count). The maximum absolute atomic E-state index is 12.6. The Balaban J connectivity index is 1.63. The van der Waals surface area contributed by atoms with Crippen LogP contribution in [0.5, 0.6) is 5.75 Å². The summed E-state index contributed by atoms with van der Waals surface area (Å²) < 4.78 is 7.51. The third-order valence-electron chi connectivity index (χ3n) is 4.86. The minimum Gasteiger partial charge on any atom is -0.501 e. The molecular weight excluding hydrogens is 430 g/mol. The van der Waals surface area contributed by atoms with Crippen molar-refractivity contribution in [2.24, 2.45) is 14.1 Å². The Labute approximate surface area is 187 Å². The van der Waals surface area contributed by atoms with Crippen molar-refractivity contribution < 1.29 is 14.4 Å². The number of carbonyl (C=O) groups is 1. The molecule has 0 aliphatic rings. The highest BCUT2D eigenvalue weighted by Gasteiger charge is 2.22. The SMILES string of the molecule is Cc1nn(C)cc1-c1cncc(CN(C)c2nc(C(=O)Nc3cnoc3)c(O)c(=O)n2C)n1. The quantitative estimate of drug-likeness (QED) is 0.431. The minimum absolute atomic E-state index is 0.151. The first kappa shape index (κ1) is 21.7. The number of aromatic nitrogens is 7. The van der Waals surface area contributed by atoms with Crippen LogP contribution in [0, 0.1) is 6.92 Å². The molecule has 4 aromatic heterocycles. The molecule has 4 heterocycles. The van der Waals surface area contributed by atoms with Gasteiger partial charge in [-0.25, -0.2) is 9.97 Å². The first-order valence-corrected chi connectivity index (χ1v) is 9.78. The zero-order valence-corrected chi connectivity index (χ0v) is 18.3. The van der Waals surface area contributed by atoms with Crippen molar-refractivity contribution in [1.82, 2.24) is 34.5 Å². The third-order valence-corrected chi connectivity index (χ3v) is 4.86. The summed E-state index contributed by atoms with van der Waals surface area (Å²) in [7, 11) is 4.96. The molecular formula is C20H21N9O4. The number of amides is 1. The van der Waals surface area contributed by atoms with Crippen molar-refractivity contribution in [3.05, 3.63) is 58.5 Å². The van der Waals surface area contributed by atoms with E-state index in [-0.39, 0.29) is 18.2 Å². The van der Waals surface area contributed by atoms with Crippen LogP contribution in [0.25, 0.3) is 11.3 Å². The molecule has 170 valence electrons. The van der Waals surface area contributed by atoms with Crippen LogP contribution in [-0.2, 0) is 20.6 Å². The Kier molecular flexibility index (Phi) is 5.60. The van der Waals surface area contributed by atoms with Gasteiger partial charge >= 0.3 is 0 Å². The Hall–Kier alpha value is -4.55. The number of carbonyl (C=O) groups excluding carboxylic acids is 1. The molecule has 0 aliphatic heterocycles. The topological polar surface area (TPSA) is 157 Å². The van der Waals surface area contributed by atoms with E-state index < -0.39 is 22.9 Å². The number of aromatic hydroxyl groups is 1. The molecule has 2 N–H and O–H groups in total. The van der Waals surface area contributed by atoms with Crippen LogP contribution in [-0.4, -0.2) is 52.5 Å². The van der Waals surface area contributed by atoms with Gasteiger partial charge in [0.25, 0.3) is 11.5 Å². The summed E-state index contributed by atoms with van der Waals surface area (Å²) in [6.07, 6.45) is 7.59. The summed E-state index contributed by atoms with van der Waals surface area (Å²) in [4.78, 5) is 39.9. The summed E-state index contributed by atoms with van der Waals surface area (Å²) >= 11 is 0. The zero-order valence-electron chi connectivity index (χ0n) is 18.3. The molecule has 33 heavy (non-hydrogen) atoms. The van der Waals surface area contributed by atoms with Crippen LogP contribution in [0.2, 0.25) is 0 Å². The van der Waals surface area contributed by atoms with E-state index in [1.54, 1.807) is 29.0 Å². The molecule has 0 aliphatic carbocycles. The Morgan fingerprint density at radius 3 is 2.70 bits per heavy atom. The number of hydrogen-bond acceptors (Lipinski definition) is 10. The van der Waals surface area contributed by atoms with Crippen molar-refractivity contribution >= 4 is 17.5 Å². The van der Waals surface area contributed by atoms with E-state index in [0.717, 1.165) is 15.8 Å². The van der Waals surface area contributed by atoms with Gasteiger partial charge in [-0.15, -0.1) is 0 Å². The van der Waals surface area contributed by atoms with E-state index >= 15 is 0 Å². The third kappa shape index (κ3) is 4.28. The molecule has 0 saturated heterocycles. The lowest BCUT2D eigenvalue weighted by molar-refractivity contribution is 0.101. The van der Waals surface area contributed by atoms with Crippen LogP contribution in [0.1, 0.15) is 21.9 Å². The van der Waals surface area contributed by atoms with Crippen LogP contribution < -0.4 is 15.8 Å². The average Bonchev–Trinajstić information content (AvgIpc) is 3.41. The van der Waals surface area contributed by atoms with Gasteiger partial charge in [0.15, 0.2) is 5.69 Å². The van der Waals surface area contributed by atoms with Crippen LogP contribution in [0.15, 0.2) is 40.4 Å². The lowest BCUT2D eigenvalue weighted by atomic mass is 10.2. The van der Waals surface area contributed by atoms with Gasteiger partial charge in [0.05, 0.1) is 42.2 Å². The van der Waals surface area contributed by atoms with Crippen LogP contribution >= 0.6 is 0 Å².